The molecule has 1 atom stereocenters. The van der Waals surface area contributed by atoms with E-state index in [-0.39, 0.29) is 0 Å². The van der Waals surface area contributed by atoms with Crippen molar-refractivity contribution in [1.29, 1.82) is 0 Å². The van der Waals surface area contributed by atoms with Crippen molar-refractivity contribution < 1.29 is 5.11 Å². The topological polar surface area (TPSA) is 64.1 Å². The van der Waals surface area contributed by atoms with E-state index >= 15 is 0 Å². The number of aliphatic hydroxyl groups is 1. The molecule has 0 saturated carbocycles. The number of fused-ring (bicyclic) bond motifs is 1. The van der Waals surface area contributed by atoms with Crippen LogP contribution < -0.4 is 5.73 Å². The maximum absolute atomic E-state index is 9.27. The Hall–Kier alpha value is -1.39. The van der Waals surface area contributed by atoms with E-state index in [1.807, 2.05) is 36.7 Å². The van der Waals surface area contributed by atoms with Gasteiger partial charge in [-0.25, -0.2) is 4.98 Å². The number of aliphatic hydroxyl groups excluding tert-OH is 1. The largest absolute Gasteiger partial charge is 0.371 e. The van der Waals surface area contributed by atoms with Crippen LogP contribution >= 0.6 is 0 Å². The Morgan fingerprint density at radius 2 is 2.21 bits per heavy atom. The van der Waals surface area contributed by atoms with Gasteiger partial charge in [-0.2, -0.15) is 0 Å². The number of benzene rings is 1. The Kier molecular flexibility index (Phi) is 2.02. The lowest BCUT2D eigenvalue weighted by Crippen LogP contribution is -2.13. The summed E-state index contributed by atoms with van der Waals surface area (Å²) in [6.45, 7) is 2.02. The summed E-state index contributed by atoms with van der Waals surface area (Å²) < 4.78 is 1.81. The highest BCUT2D eigenvalue weighted by Crippen LogP contribution is 2.18. The third kappa shape index (κ3) is 1.29. The molecule has 0 fully saturated rings. The molecule has 0 saturated heterocycles. The number of aryl methyl sites for hydroxylation is 2. The molecule has 0 bridgehead atoms. The van der Waals surface area contributed by atoms with Crippen LogP contribution in [0.2, 0.25) is 0 Å². The van der Waals surface area contributed by atoms with Gasteiger partial charge < -0.3 is 9.67 Å². The summed E-state index contributed by atoms with van der Waals surface area (Å²) in [5, 5.41) is 9.27. The fourth-order valence-electron chi connectivity index (χ4n) is 1.58. The van der Waals surface area contributed by atoms with Crippen LogP contribution in [-0.4, -0.2) is 14.7 Å². The van der Waals surface area contributed by atoms with E-state index in [2.05, 4.69) is 4.98 Å². The monoisotopic (exact) mass is 191 g/mol. The molecule has 1 aromatic heterocycles. The van der Waals surface area contributed by atoms with Crippen LogP contribution in [0.15, 0.2) is 18.2 Å². The van der Waals surface area contributed by atoms with Gasteiger partial charge in [0.15, 0.2) is 12.1 Å². The molecule has 14 heavy (non-hydrogen) atoms. The minimum absolute atomic E-state index is 0.491. The summed E-state index contributed by atoms with van der Waals surface area (Å²) in [5.41, 5.74) is 8.40. The van der Waals surface area contributed by atoms with Crippen LogP contribution in [0.5, 0.6) is 0 Å². The van der Waals surface area contributed by atoms with Gasteiger partial charge in [0, 0.05) is 7.05 Å². The van der Waals surface area contributed by atoms with Crippen LogP contribution in [0.1, 0.15) is 17.6 Å². The average molecular weight is 191 g/mol. The smallest absolute Gasteiger partial charge is 0.161 e. The minimum Gasteiger partial charge on any atom is -0.371 e. The molecule has 1 heterocycles. The molecule has 1 aromatic carbocycles. The second-order valence-corrected chi connectivity index (χ2v) is 3.47. The summed E-state index contributed by atoms with van der Waals surface area (Å²) in [6.07, 6.45) is -1.02. The first-order valence-corrected chi connectivity index (χ1v) is 4.46. The Labute approximate surface area is 82.0 Å². The van der Waals surface area contributed by atoms with E-state index in [1.165, 1.54) is 5.56 Å². The van der Waals surface area contributed by atoms with Crippen molar-refractivity contribution in [2.45, 2.75) is 13.2 Å². The van der Waals surface area contributed by atoms with Crippen LogP contribution in [0.25, 0.3) is 11.0 Å². The molecule has 2 aromatic rings. The highest BCUT2D eigenvalue weighted by atomic mass is 16.3. The van der Waals surface area contributed by atoms with Gasteiger partial charge in [0.2, 0.25) is 0 Å². The predicted octanol–water partition coefficient (Wildman–Crippen LogP) is 0.831. The van der Waals surface area contributed by atoms with Gasteiger partial charge in [0.25, 0.3) is 0 Å². The predicted molar refractivity (Wildman–Crippen MR) is 54.6 cm³/mol. The zero-order valence-electron chi connectivity index (χ0n) is 8.23. The maximum atomic E-state index is 9.27. The third-order valence-corrected chi connectivity index (χ3v) is 2.34. The van der Waals surface area contributed by atoms with Crippen LogP contribution in [0.4, 0.5) is 0 Å². The molecule has 0 unspecified atom stereocenters. The second kappa shape index (κ2) is 3.08. The van der Waals surface area contributed by atoms with Crippen molar-refractivity contribution in [2.24, 2.45) is 12.8 Å². The molecule has 4 nitrogen and oxygen atoms in total. The van der Waals surface area contributed by atoms with Crippen LogP contribution in [0, 0.1) is 6.92 Å². The third-order valence-electron chi connectivity index (χ3n) is 2.34. The summed E-state index contributed by atoms with van der Waals surface area (Å²) in [4.78, 5) is 4.24. The first-order valence-electron chi connectivity index (χ1n) is 4.46. The first kappa shape index (κ1) is 9.18. The first-order chi connectivity index (χ1) is 6.59. The van der Waals surface area contributed by atoms with Crippen LogP contribution in [0.3, 0.4) is 0 Å². The molecule has 2 rings (SSSR count). The molecule has 3 N–H and O–H groups in total. The second-order valence-electron chi connectivity index (χ2n) is 3.47. The Morgan fingerprint density at radius 3 is 2.86 bits per heavy atom. The summed E-state index contributed by atoms with van der Waals surface area (Å²) in [6, 6.07) is 5.94. The van der Waals surface area contributed by atoms with E-state index in [1.54, 1.807) is 0 Å². The van der Waals surface area contributed by atoms with E-state index in [4.69, 9.17) is 5.73 Å². The zero-order valence-corrected chi connectivity index (χ0v) is 8.23. The Bertz CT molecular complexity index is 473. The fourth-order valence-corrected chi connectivity index (χ4v) is 1.58. The van der Waals surface area contributed by atoms with Gasteiger partial charge in [-0.15, -0.1) is 0 Å². The van der Waals surface area contributed by atoms with Gasteiger partial charge in [-0.1, -0.05) is 6.07 Å². The average Bonchev–Trinajstić information content (AvgIpc) is 2.44. The number of hydrogen-bond donors (Lipinski definition) is 2. The van der Waals surface area contributed by atoms with Crippen molar-refractivity contribution >= 4 is 11.0 Å². The van der Waals surface area contributed by atoms with Crippen molar-refractivity contribution in [3.8, 4) is 0 Å². The number of hydrogen-bond acceptors (Lipinski definition) is 3. The van der Waals surface area contributed by atoms with Crippen molar-refractivity contribution in [3.05, 3.63) is 29.6 Å². The standard InChI is InChI=1S/C10H13N3O/c1-6-3-4-7-8(5-6)13(2)10(12-7)9(11)14/h3-5,9,14H,11H2,1-2H3/t9-/m1/s1. The molecule has 0 aliphatic carbocycles. The normalized spacial score (nSPS) is 13.4. The Balaban J connectivity index is 2.74. The van der Waals surface area contributed by atoms with E-state index in [0.29, 0.717) is 5.82 Å². The summed E-state index contributed by atoms with van der Waals surface area (Å²) >= 11 is 0. The summed E-state index contributed by atoms with van der Waals surface area (Å²) in [7, 11) is 1.85. The van der Waals surface area contributed by atoms with Gasteiger partial charge in [0.1, 0.15) is 0 Å². The lowest BCUT2D eigenvalue weighted by atomic mass is 10.2. The number of rotatable bonds is 1. The van der Waals surface area contributed by atoms with E-state index in [0.717, 1.165) is 11.0 Å². The molecule has 4 heteroatoms. The molecule has 0 radical (unpaired) electrons. The number of nitrogens with zero attached hydrogens (tertiary/aromatic N) is 2. The van der Waals surface area contributed by atoms with Gasteiger partial charge in [-0.3, -0.25) is 5.73 Å². The van der Waals surface area contributed by atoms with Crippen molar-refractivity contribution in [2.75, 3.05) is 0 Å². The minimum atomic E-state index is -1.02. The van der Waals surface area contributed by atoms with Gasteiger partial charge in [-0.05, 0) is 24.6 Å². The highest BCUT2D eigenvalue weighted by Gasteiger charge is 2.11. The van der Waals surface area contributed by atoms with Crippen molar-refractivity contribution in [3.63, 3.8) is 0 Å². The van der Waals surface area contributed by atoms with Gasteiger partial charge >= 0.3 is 0 Å². The Morgan fingerprint density at radius 1 is 1.50 bits per heavy atom. The molecule has 0 aliphatic rings. The van der Waals surface area contributed by atoms with Crippen molar-refractivity contribution in [1.82, 2.24) is 9.55 Å². The van der Waals surface area contributed by atoms with E-state index < -0.39 is 6.23 Å². The lowest BCUT2D eigenvalue weighted by Gasteiger charge is -2.03. The fraction of sp³-hybridized carbons (Fsp3) is 0.300. The van der Waals surface area contributed by atoms with E-state index in [9.17, 15) is 5.11 Å². The van der Waals surface area contributed by atoms with Crippen LogP contribution in [-0.2, 0) is 7.05 Å². The molecular weight excluding hydrogens is 178 g/mol. The maximum Gasteiger partial charge on any atom is 0.161 e. The number of aromatic nitrogens is 2. The lowest BCUT2D eigenvalue weighted by molar-refractivity contribution is 0.173. The highest BCUT2D eigenvalue weighted by molar-refractivity contribution is 5.76. The van der Waals surface area contributed by atoms with Gasteiger partial charge in [0.05, 0.1) is 11.0 Å². The summed E-state index contributed by atoms with van der Waals surface area (Å²) in [5.74, 6) is 0.491. The quantitative estimate of drug-likeness (QED) is 0.656. The number of nitrogens with two attached hydrogens (primary N) is 1. The number of imidazole rings is 1. The molecule has 0 aliphatic heterocycles. The molecule has 0 spiro atoms. The molecule has 74 valence electrons. The SMILES string of the molecule is Cc1ccc2nc([C@H](N)O)n(C)c2c1. The molecular formula is C10H13N3O. The molecule has 0 amide bonds. The zero-order chi connectivity index (χ0) is 10.3.